The molecule has 8 heteroatoms. The Morgan fingerprint density at radius 1 is 1.38 bits per heavy atom. The Bertz CT molecular complexity index is 631. The van der Waals surface area contributed by atoms with Gasteiger partial charge in [0.15, 0.2) is 5.82 Å². The Morgan fingerprint density at radius 3 is 2.57 bits per heavy atom. The minimum atomic E-state index is -1.25. The van der Waals surface area contributed by atoms with Crippen LogP contribution in [0, 0.1) is 17.6 Å². The van der Waals surface area contributed by atoms with E-state index < -0.39 is 41.0 Å². The molecule has 1 N–H and O–H groups in total. The molecular formula is C13H11F2NO5. The van der Waals surface area contributed by atoms with E-state index in [2.05, 4.69) is 4.74 Å². The lowest BCUT2D eigenvalue weighted by Gasteiger charge is -2.18. The number of carboxylic acids is 1. The number of anilines is 1. The van der Waals surface area contributed by atoms with Crippen molar-refractivity contribution in [2.24, 2.45) is 5.92 Å². The van der Waals surface area contributed by atoms with Gasteiger partial charge in [0.05, 0.1) is 18.7 Å². The van der Waals surface area contributed by atoms with Crippen LogP contribution in [-0.2, 0) is 14.3 Å². The van der Waals surface area contributed by atoms with Crippen LogP contribution in [0.2, 0.25) is 0 Å². The topological polar surface area (TPSA) is 83.9 Å². The molecule has 0 radical (unpaired) electrons. The number of aliphatic carboxylic acids is 1. The number of nitrogens with zero attached hydrogens (tertiary/aromatic N) is 1. The lowest BCUT2D eigenvalue weighted by atomic mass is 10.1. The first-order chi connectivity index (χ1) is 9.86. The van der Waals surface area contributed by atoms with Gasteiger partial charge < -0.3 is 14.7 Å². The van der Waals surface area contributed by atoms with Gasteiger partial charge in [-0.15, -0.1) is 0 Å². The molecule has 21 heavy (non-hydrogen) atoms. The molecule has 0 aliphatic carbocycles. The fourth-order valence-corrected chi connectivity index (χ4v) is 2.14. The summed E-state index contributed by atoms with van der Waals surface area (Å²) in [6.07, 6.45) is -0.278. The fourth-order valence-electron chi connectivity index (χ4n) is 2.14. The predicted octanol–water partition coefficient (Wildman–Crippen LogP) is 1.19. The number of benzene rings is 1. The molecule has 1 fully saturated rings. The highest BCUT2D eigenvalue weighted by molar-refractivity contribution is 6.00. The normalized spacial score (nSPS) is 18.0. The summed E-state index contributed by atoms with van der Waals surface area (Å²) >= 11 is 0. The highest BCUT2D eigenvalue weighted by Crippen LogP contribution is 2.30. The highest BCUT2D eigenvalue weighted by Gasteiger charge is 2.37. The van der Waals surface area contributed by atoms with Crippen molar-refractivity contribution in [1.82, 2.24) is 0 Å². The number of halogens is 2. The Hall–Kier alpha value is -2.51. The summed E-state index contributed by atoms with van der Waals surface area (Å²) in [5, 5.41) is 8.88. The third kappa shape index (κ3) is 2.56. The number of carboxylic acid groups (broad SMARTS) is 1. The van der Waals surface area contributed by atoms with Gasteiger partial charge in [-0.05, 0) is 12.1 Å². The van der Waals surface area contributed by atoms with Crippen molar-refractivity contribution in [2.75, 3.05) is 18.6 Å². The third-order valence-corrected chi connectivity index (χ3v) is 3.23. The highest BCUT2D eigenvalue weighted by atomic mass is 19.1. The summed E-state index contributed by atoms with van der Waals surface area (Å²) in [7, 11) is 0.968. The summed E-state index contributed by atoms with van der Waals surface area (Å²) in [4.78, 5) is 34.9. The standard InChI is InChI=1S/C13H11F2NO5/c1-21-13(20)10-7(14)2-3-8(11(10)15)16-5-6(12(18)19)4-9(16)17/h2-3,6H,4-5H2,1H3,(H,18,19). The van der Waals surface area contributed by atoms with Crippen LogP contribution < -0.4 is 4.90 Å². The van der Waals surface area contributed by atoms with E-state index in [0.29, 0.717) is 0 Å². The maximum Gasteiger partial charge on any atom is 0.343 e. The smallest absolute Gasteiger partial charge is 0.343 e. The van der Waals surface area contributed by atoms with Crippen molar-refractivity contribution < 1.29 is 33.0 Å². The molecule has 1 amide bonds. The van der Waals surface area contributed by atoms with Gasteiger partial charge in [0, 0.05) is 13.0 Å². The largest absolute Gasteiger partial charge is 0.481 e. The summed E-state index contributed by atoms with van der Waals surface area (Å²) < 4.78 is 32.0. The maximum absolute atomic E-state index is 14.2. The lowest BCUT2D eigenvalue weighted by molar-refractivity contribution is -0.141. The zero-order valence-electron chi connectivity index (χ0n) is 10.9. The molecule has 2 rings (SSSR count). The van der Waals surface area contributed by atoms with Crippen LogP contribution in [0.3, 0.4) is 0 Å². The van der Waals surface area contributed by atoms with E-state index in [0.717, 1.165) is 24.1 Å². The predicted molar refractivity (Wildman–Crippen MR) is 65.8 cm³/mol. The average Bonchev–Trinajstić information content (AvgIpc) is 2.81. The Morgan fingerprint density at radius 2 is 2.05 bits per heavy atom. The van der Waals surface area contributed by atoms with Crippen molar-refractivity contribution in [2.45, 2.75) is 6.42 Å². The van der Waals surface area contributed by atoms with Gasteiger partial charge in [0.2, 0.25) is 5.91 Å². The number of methoxy groups -OCH3 is 1. The number of ether oxygens (including phenoxy) is 1. The van der Waals surface area contributed by atoms with Crippen LogP contribution >= 0.6 is 0 Å². The fraction of sp³-hybridized carbons (Fsp3) is 0.308. The van der Waals surface area contributed by atoms with E-state index in [9.17, 15) is 23.2 Å². The van der Waals surface area contributed by atoms with Crippen molar-refractivity contribution in [1.29, 1.82) is 0 Å². The van der Waals surface area contributed by atoms with Crippen molar-refractivity contribution in [3.63, 3.8) is 0 Å². The summed E-state index contributed by atoms with van der Waals surface area (Å²) in [5.74, 6) is -6.34. The Kier molecular flexibility index (Phi) is 3.88. The number of hydrogen-bond donors (Lipinski definition) is 1. The molecule has 1 saturated heterocycles. The number of amides is 1. The van der Waals surface area contributed by atoms with E-state index in [1.54, 1.807) is 0 Å². The first-order valence-corrected chi connectivity index (χ1v) is 5.96. The van der Waals surface area contributed by atoms with Crippen molar-refractivity contribution in [3.8, 4) is 0 Å². The van der Waals surface area contributed by atoms with Crippen molar-refractivity contribution in [3.05, 3.63) is 29.3 Å². The van der Waals surface area contributed by atoms with Crippen LogP contribution in [-0.4, -0.2) is 36.6 Å². The van der Waals surface area contributed by atoms with Gasteiger partial charge in [0.25, 0.3) is 0 Å². The van der Waals surface area contributed by atoms with E-state index in [-0.39, 0.29) is 18.7 Å². The average molecular weight is 299 g/mol. The first kappa shape index (κ1) is 14.9. The number of carbonyl (C=O) groups is 3. The minimum absolute atomic E-state index is 0.239. The Labute approximate surface area is 117 Å². The van der Waals surface area contributed by atoms with Crippen LogP contribution in [0.5, 0.6) is 0 Å². The lowest BCUT2D eigenvalue weighted by Crippen LogP contribution is -2.27. The molecular weight excluding hydrogens is 288 g/mol. The van der Waals surface area contributed by atoms with Crippen LogP contribution in [0.4, 0.5) is 14.5 Å². The van der Waals surface area contributed by atoms with Gasteiger partial charge in [-0.2, -0.15) is 0 Å². The van der Waals surface area contributed by atoms with Gasteiger partial charge in [-0.3, -0.25) is 9.59 Å². The van der Waals surface area contributed by atoms with Gasteiger partial charge in [-0.1, -0.05) is 0 Å². The molecule has 1 heterocycles. The maximum atomic E-state index is 14.2. The number of rotatable bonds is 3. The van der Waals surface area contributed by atoms with E-state index >= 15 is 0 Å². The van der Waals surface area contributed by atoms with Crippen molar-refractivity contribution >= 4 is 23.5 Å². The molecule has 1 unspecified atom stereocenters. The number of carbonyl (C=O) groups excluding carboxylic acids is 2. The van der Waals surface area contributed by atoms with Gasteiger partial charge in [-0.25, -0.2) is 13.6 Å². The Balaban J connectivity index is 2.44. The van der Waals surface area contributed by atoms with Crippen LogP contribution in [0.15, 0.2) is 12.1 Å². The summed E-state index contributed by atoms with van der Waals surface area (Å²) in [5.41, 5.74) is -1.26. The SMILES string of the molecule is COC(=O)c1c(F)ccc(N2CC(C(=O)O)CC2=O)c1F. The molecule has 0 aromatic heterocycles. The van der Waals surface area contributed by atoms with E-state index in [4.69, 9.17) is 5.11 Å². The number of esters is 1. The molecule has 1 aromatic carbocycles. The molecule has 1 aromatic rings. The molecule has 112 valence electrons. The molecule has 6 nitrogen and oxygen atoms in total. The zero-order chi connectivity index (χ0) is 15.7. The van der Waals surface area contributed by atoms with Gasteiger partial charge in [0.1, 0.15) is 11.4 Å². The van der Waals surface area contributed by atoms with Gasteiger partial charge >= 0.3 is 11.9 Å². The van der Waals surface area contributed by atoms with E-state index in [1.165, 1.54) is 0 Å². The molecule has 0 bridgehead atoms. The second-order valence-corrected chi connectivity index (χ2v) is 4.49. The minimum Gasteiger partial charge on any atom is -0.481 e. The second-order valence-electron chi connectivity index (χ2n) is 4.49. The first-order valence-electron chi connectivity index (χ1n) is 5.96. The number of hydrogen-bond acceptors (Lipinski definition) is 4. The second kappa shape index (κ2) is 5.47. The third-order valence-electron chi connectivity index (χ3n) is 3.23. The molecule has 0 spiro atoms. The molecule has 1 atom stereocenters. The van der Waals surface area contributed by atoms with Crippen LogP contribution in [0.25, 0.3) is 0 Å². The quantitative estimate of drug-likeness (QED) is 0.848. The van der Waals surface area contributed by atoms with Crippen LogP contribution in [0.1, 0.15) is 16.8 Å². The molecule has 1 aliphatic rings. The summed E-state index contributed by atoms with van der Waals surface area (Å²) in [6, 6.07) is 1.81. The zero-order valence-corrected chi connectivity index (χ0v) is 10.9. The monoisotopic (exact) mass is 299 g/mol. The molecule has 1 aliphatic heterocycles. The van der Waals surface area contributed by atoms with E-state index in [1.807, 2.05) is 0 Å². The summed E-state index contributed by atoms with van der Waals surface area (Å²) in [6.45, 7) is -0.239. The molecule has 0 saturated carbocycles.